The van der Waals surface area contributed by atoms with Crippen molar-refractivity contribution < 1.29 is 0 Å². The number of rotatable bonds is 8. The van der Waals surface area contributed by atoms with Gasteiger partial charge in [-0.05, 0) is 24.9 Å². The molecule has 0 aliphatic rings. The Bertz CT molecular complexity index is 259. The molecule has 0 saturated carbocycles. The van der Waals surface area contributed by atoms with E-state index in [1.807, 2.05) is 0 Å². The third kappa shape index (κ3) is 4.77. The van der Waals surface area contributed by atoms with Crippen LogP contribution in [0.25, 0.3) is 0 Å². The monoisotopic (exact) mass is 220 g/mol. The van der Waals surface area contributed by atoms with E-state index in [9.17, 15) is 0 Å². The van der Waals surface area contributed by atoms with Gasteiger partial charge in [0.1, 0.15) is 0 Å². The molecule has 1 unspecified atom stereocenters. The zero-order valence-corrected chi connectivity index (χ0v) is 10.5. The molecular formula is C14H24N2. The van der Waals surface area contributed by atoms with E-state index in [1.54, 1.807) is 0 Å². The maximum atomic E-state index is 3.58. The van der Waals surface area contributed by atoms with Crippen molar-refractivity contribution in [3.05, 3.63) is 35.9 Å². The van der Waals surface area contributed by atoms with Gasteiger partial charge in [0, 0.05) is 19.1 Å². The zero-order valence-electron chi connectivity index (χ0n) is 10.5. The summed E-state index contributed by atoms with van der Waals surface area (Å²) in [6.45, 7) is 7.62. The lowest BCUT2D eigenvalue weighted by Gasteiger charge is -2.17. The topological polar surface area (TPSA) is 24.1 Å². The highest BCUT2D eigenvalue weighted by molar-refractivity contribution is 5.18. The van der Waals surface area contributed by atoms with E-state index in [2.05, 4.69) is 54.8 Å². The molecule has 0 amide bonds. The van der Waals surface area contributed by atoms with Crippen LogP contribution < -0.4 is 10.6 Å². The van der Waals surface area contributed by atoms with E-state index >= 15 is 0 Å². The Labute approximate surface area is 99.5 Å². The van der Waals surface area contributed by atoms with Crippen LogP contribution in [0.4, 0.5) is 0 Å². The van der Waals surface area contributed by atoms with Gasteiger partial charge in [0.2, 0.25) is 0 Å². The first-order valence-corrected chi connectivity index (χ1v) is 6.37. The van der Waals surface area contributed by atoms with Gasteiger partial charge in [-0.1, -0.05) is 44.2 Å². The lowest BCUT2D eigenvalue weighted by molar-refractivity contribution is 0.504. The summed E-state index contributed by atoms with van der Waals surface area (Å²) < 4.78 is 0. The lowest BCUT2D eigenvalue weighted by Crippen LogP contribution is -2.30. The average Bonchev–Trinajstić information content (AvgIpc) is 2.35. The SMILES string of the molecule is CCCNCCNC(CC)c1ccccc1. The fourth-order valence-electron chi connectivity index (χ4n) is 1.82. The molecule has 0 spiro atoms. The molecule has 16 heavy (non-hydrogen) atoms. The molecular weight excluding hydrogens is 196 g/mol. The summed E-state index contributed by atoms with van der Waals surface area (Å²) in [5, 5.41) is 6.99. The highest BCUT2D eigenvalue weighted by Crippen LogP contribution is 2.14. The standard InChI is InChI=1S/C14H24N2/c1-3-10-15-11-12-16-14(4-2)13-8-6-5-7-9-13/h5-9,14-16H,3-4,10-12H2,1-2H3. The number of hydrogen-bond donors (Lipinski definition) is 2. The zero-order chi connectivity index (χ0) is 11.6. The second kappa shape index (κ2) is 8.31. The van der Waals surface area contributed by atoms with Gasteiger partial charge in [0.05, 0.1) is 0 Å². The van der Waals surface area contributed by atoms with E-state index < -0.39 is 0 Å². The third-order valence-electron chi connectivity index (χ3n) is 2.73. The minimum atomic E-state index is 0.490. The number of nitrogens with one attached hydrogen (secondary N) is 2. The van der Waals surface area contributed by atoms with Crippen LogP contribution in [0.2, 0.25) is 0 Å². The molecule has 2 N–H and O–H groups in total. The van der Waals surface area contributed by atoms with Crippen molar-refractivity contribution in [3.8, 4) is 0 Å². The number of benzene rings is 1. The summed E-state index contributed by atoms with van der Waals surface area (Å²) in [5.74, 6) is 0. The second-order valence-corrected chi connectivity index (χ2v) is 4.08. The van der Waals surface area contributed by atoms with Gasteiger partial charge in [0.25, 0.3) is 0 Å². The molecule has 0 heterocycles. The highest BCUT2D eigenvalue weighted by Gasteiger charge is 2.06. The maximum Gasteiger partial charge on any atom is 0.0318 e. The Hall–Kier alpha value is -0.860. The van der Waals surface area contributed by atoms with Gasteiger partial charge < -0.3 is 10.6 Å². The first kappa shape index (κ1) is 13.2. The Kier molecular flexibility index (Phi) is 6.86. The Morgan fingerprint density at radius 2 is 1.75 bits per heavy atom. The van der Waals surface area contributed by atoms with Crippen LogP contribution in [-0.2, 0) is 0 Å². The van der Waals surface area contributed by atoms with Crippen LogP contribution in [0.5, 0.6) is 0 Å². The van der Waals surface area contributed by atoms with E-state index in [4.69, 9.17) is 0 Å². The molecule has 0 bridgehead atoms. The lowest BCUT2D eigenvalue weighted by atomic mass is 10.0. The first-order valence-electron chi connectivity index (χ1n) is 6.37. The van der Waals surface area contributed by atoms with Gasteiger partial charge in [-0.15, -0.1) is 0 Å². The molecule has 1 aromatic rings. The molecule has 0 aliphatic heterocycles. The van der Waals surface area contributed by atoms with E-state index in [0.717, 1.165) is 26.1 Å². The van der Waals surface area contributed by atoms with Crippen LogP contribution >= 0.6 is 0 Å². The van der Waals surface area contributed by atoms with Crippen molar-refractivity contribution in [2.24, 2.45) is 0 Å². The van der Waals surface area contributed by atoms with Crippen molar-refractivity contribution >= 4 is 0 Å². The van der Waals surface area contributed by atoms with Crippen LogP contribution in [0, 0.1) is 0 Å². The molecule has 0 fully saturated rings. The molecule has 1 rings (SSSR count). The fourth-order valence-corrected chi connectivity index (χ4v) is 1.82. The van der Waals surface area contributed by atoms with Crippen LogP contribution in [0.1, 0.15) is 38.3 Å². The smallest absolute Gasteiger partial charge is 0.0318 e. The van der Waals surface area contributed by atoms with E-state index in [0.29, 0.717) is 6.04 Å². The predicted octanol–water partition coefficient (Wildman–Crippen LogP) is 2.73. The summed E-state index contributed by atoms with van der Waals surface area (Å²) in [6.07, 6.45) is 2.34. The van der Waals surface area contributed by atoms with Crippen molar-refractivity contribution in [1.82, 2.24) is 10.6 Å². The Morgan fingerprint density at radius 3 is 2.38 bits per heavy atom. The van der Waals surface area contributed by atoms with E-state index in [1.165, 1.54) is 12.0 Å². The summed E-state index contributed by atoms with van der Waals surface area (Å²) in [7, 11) is 0. The van der Waals surface area contributed by atoms with Gasteiger partial charge in [-0.25, -0.2) is 0 Å². The minimum absolute atomic E-state index is 0.490. The van der Waals surface area contributed by atoms with E-state index in [-0.39, 0.29) is 0 Å². The van der Waals surface area contributed by atoms with Crippen molar-refractivity contribution in [2.45, 2.75) is 32.7 Å². The average molecular weight is 220 g/mol. The molecule has 90 valence electrons. The first-order chi connectivity index (χ1) is 7.88. The predicted molar refractivity (Wildman–Crippen MR) is 70.6 cm³/mol. The summed E-state index contributed by atoms with van der Waals surface area (Å²) >= 11 is 0. The second-order valence-electron chi connectivity index (χ2n) is 4.08. The summed E-state index contributed by atoms with van der Waals surface area (Å²) in [5.41, 5.74) is 1.39. The maximum absolute atomic E-state index is 3.58. The Balaban J connectivity index is 2.27. The molecule has 1 aromatic carbocycles. The molecule has 0 radical (unpaired) electrons. The van der Waals surface area contributed by atoms with Gasteiger partial charge >= 0.3 is 0 Å². The van der Waals surface area contributed by atoms with Crippen molar-refractivity contribution in [1.29, 1.82) is 0 Å². The Morgan fingerprint density at radius 1 is 1.00 bits per heavy atom. The summed E-state index contributed by atoms with van der Waals surface area (Å²) in [4.78, 5) is 0. The highest BCUT2D eigenvalue weighted by atomic mass is 15.0. The van der Waals surface area contributed by atoms with Crippen molar-refractivity contribution in [2.75, 3.05) is 19.6 Å². The largest absolute Gasteiger partial charge is 0.315 e. The summed E-state index contributed by atoms with van der Waals surface area (Å²) in [6, 6.07) is 11.2. The van der Waals surface area contributed by atoms with Crippen LogP contribution in [-0.4, -0.2) is 19.6 Å². The molecule has 0 aliphatic carbocycles. The normalized spacial score (nSPS) is 12.6. The van der Waals surface area contributed by atoms with Gasteiger partial charge in [-0.3, -0.25) is 0 Å². The van der Waals surface area contributed by atoms with Crippen molar-refractivity contribution in [3.63, 3.8) is 0 Å². The molecule has 2 nitrogen and oxygen atoms in total. The molecule has 2 heteroatoms. The quantitative estimate of drug-likeness (QED) is 0.658. The molecule has 0 saturated heterocycles. The fraction of sp³-hybridized carbons (Fsp3) is 0.571. The van der Waals surface area contributed by atoms with Gasteiger partial charge in [-0.2, -0.15) is 0 Å². The minimum Gasteiger partial charge on any atom is -0.315 e. The van der Waals surface area contributed by atoms with Gasteiger partial charge in [0.15, 0.2) is 0 Å². The molecule has 1 atom stereocenters. The number of hydrogen-bond acceptors (Lipinski definition) is 2. The van der Waals surface area contributed by atoms with Crippen LogP contribution in [0.3, 0.4) is 0 Å². The third-order valence-corrected chi connectivity index (χ3v) is 2.73. The molecule has 0 aromatic heterocycles. The van der Waals surface area contributed by atoms with Crippen LogP contribution in [0.15, 0.2) is 30.3 Å².